The number of H-pyrrole nitrogens is 1. The summed E-state index contributed by atoms with van der Waals surface area (Å²) in [6.45, 7) is 1.94. The first-order valence-electron chi connectivity index (χ1n) is 7.78. The molecule has 4 rings (SSSR count). The smallest absolute Gasteiger partial charge is 0.270 e. The van der Waals surface area contributed by atoms with Gasteiger partial charge in [-0.25, -0.2) is 4.39 Å². The van der Waals surface area contributed by atoms with Gasteiger partial charge in [-0.3, -0.25) is 19.4 Å². The number of Topliss-reactive ketones (excluding diaryl/α,β-unsaturated/α-hetero) is 1. The average molecular weight is 408 g/mol. The number of halogens is 2. The molecule has 6 nitrogen and oxygen atoms in total. The van der Waals surface area contributed by atoms with Gasteiger partial charge in [0.2, 0.25) is 0 Å². The summed E-state index contributed by atoms with van der Waals surface area (Å²) in [4.78, 5) is 25.3. The Morgan fingerprint density at radius 1 is 1.36 bits per heavy atom. The number of carbonyl (C=O) groups excluding carboxylic acids is 1. The van der Waals surface area contributed by atoms with Crippen molar-refractivity contribution in [1.29, 1.82) is 0 Å². The molecule has 2 aliphatic rings. The number of fused-ring (bicyclic) bond motifs is 1. The maximum absolute atomic E-state index is 13.7. The van der Waals surface area contributed by atoms with Crippen LogP contribution < -0.4 is 10.9 Å². The summed E-state index contributed by atoms with van der Waals surface area (Å²) in [5.41, 5.74) is 1.97. The number of anilines is 1. The van der Waals surface area contributed by atoms with Crippen LogP contribution in [0, 0.1) is 5.82 Å². The van der Waals surface area contributed by atoms with E-state index in [1.807, 2.05) is 0 Å². The molecule has 1 aromatic heterocycles. The van der Waals surface area contributed by atoms with Gasteiger partial charge in [-0.2, -0.15) is 0 Å². The van der Waals surface area contributed by atoms with Crippen LogP contribution in [-0.4, -0.2) is 28.3 Å². The second-order valence-corrected chi connectivity index (χ2v) is 7.06. The zero-order chi connectivity index (χ0) is 17.9. The highest BCUT2D eigenvalue weighted by Crippen LogP contribution is 2.42. The molecule has 0 saturated carbocycles. The highest BCUT2D eigenvalue weighted by atomic mass is 79.9. The van der Waals surface area contributed by atoms with Crippen LogP contribution in [0.4, 0.5) is 10.2 Å². The third-order valence-electron chi connectivity index (χ3n) is 4.67. The van der Waals surface area contributed by atoms with Crippen LogP contribution in [0.3, 0.4) is 0 Å². The summed E-state index contributed by atoms with van der Waals surface area (Å²) in [5.74, 6) is -0.569. The Balaban J connectivity index is 2.00. The number of nitrogens with one attached hydrogen (secondary N) is 2. The maximum Gasteiger partial charge on any atom is 0.270 e. The quantitative estimate of drug-likeness (QED) is 0.760. The fourth-order valence-corrected chi connectivity index (χ4v) is 3.83. The second kappa shape index (κ2) is 5.67. The van der Waals surface area contributed by atoms with Gasteiger partial charge in [0.1, 0.15) is 17.7 Å². The van der Waals surface area contributed by atoms with Gasteiger partial charge in [0.25, 0.3) is 5.56 Å². The first-order valence-corrected chi connectivity index (χ1v) is 8.57. The van der Waals surface area contributed by atoms with E-state index in [0.29, 0.717) is 28.2 Å². The van der Waals surface area contributed by atoms with Crippen molar-refractivity contribution >= 4 is 27.5 Å². The van der Waals surface area contributed by atoms with Crippen molar-refractivity contribution in [2.75, 3.05) is 11.9 Å². The van der Waals surface area contributed by atoms with Crippen LogP contribution in [0.1, 0.15) is 24.0 Å². The number of benzene rings is 1. The van der Waals surface area contributed by atoms with Crippen LogP contribution in [0.25, 0.3) is 0 Å². The SMILES string of the molecule is CC1OCC2=C(C1=O)C(c1ccc(F)c(Br)c1)c1c(n(C)[nH]c1=O)N2. The van der Waals surface area contributed by atoms with Crippen molar-refractivity contribution in [1.82, 2.24) is 9.78 Å². The minimum absolute atomic E-state index is 0.173. The summed E-state index contributed by atoms with van der Waals surface area (Å²) in [5, 5.41) is 5.86. The summed E-state index contributed by atoms with van der Waals surface area (Å²) in [6.07, 6.45) is -0.587. The molecule has 2 aliphatic heterocycles. The number of aromatic amines is 1. The van der Waals surface area contributed by atoms with E-state index in [1.54, 1.807) is 30.8 Å². The predicted molar refractivity (Wildman–Crippen MR) is 93.0 cm³/mol. The van der Waals surface area contributed by atoms with Gasteiger partial charge in [0.05, 0.1) is 22.3 Å². The van der Waals surface area contributed by atoms with E-state index in [4.69, 9.17) is 4.74 Å². The van der Waals surface area contributed by atoms with Gasteiger partial charge in [0, 0.05) is 18.5 Å². The number of aryl methyl sites for hydroxylation is 1. The van der Waals surface area contributed by atoms with Gasteiger partial charge >= 0.3 is 0 Å². The molecule has 8 heteroatoms. The molecule has 1 aromatic carbocycles. The van der Waals surface area contributed by atoms with E-state index >= 15 is 0 Å². The van der Waals surface area contributed by atoms with Gasteiger partial charge in [-0.1, -0.05) is 6.07 Å². The molecule has 25 heavy (non-hydrogen) atoms. The molecule has 2 unspecified atom stereocenters. The second-order valence-electron chi connectivity index (χ2n) is 6.20. The standard InChI is InChI=1S/C17H15BrFN3O3/c1-7-15(23)13-11(6-25-7)20-16-14(17(24)21-22(16)2)12(13)8-3-4-10(19)9(18)5-8/h3-5,7,12,20H,6H2,1-2H3,(H,21,24). The molecular formula is C17H15BrFN3O3. The first kappa shape index (κ1) is 16.3. The van der Waals surface area contributed by atoms with Crippen LogP contribution in [0.15, 0.2) is 38.7 Å². The Morgan fingerprint density at radius 3 is 2.84 bits per heavy atom. The lowest BCUT2D eigenvalue weighted by molar-refractivity contribution is -0.127. The van der Waals surface area contributed by atoms with Crippen molar-refractivity contribution < 1.29 is 13.9 Å². The normalized spacial score (nSPS) is 22.5. The zero-order valence-corrected chi connectivity index (χ0v) is 15.1. The van der Waals surface area contributed by atoms with Crippen LogP contribution in [0.5, 0.6) is 0 Å². The van der Waals surface area contributed by atoms with Crippen LogP contribution >= 0.6 is 15.9 Å². The summed E-state index contributed by atoms with van der Waals surface area (Å²) < 4.78 is 21.1. The molecule has 0 saturated heterocycles. The van der Waals surface area contributed by atoms with E-state index in [0.717, 1.165) is 0 Å². The minimum Gasteiger partial charge on any atom is -0.364 e. The number of ketones is 1. The Labute approximate surface area is 150 Å². The van der Waals surface area contributed by atoms with Crippen molar-refractivity contribution in [2.45, 2.75) is 18.9 Å². The molecule has 3 heterocycles. The lowest BCUT2D eigenvalue weighted by Crippen LogP contribution is -2.38. The molecular weight excluding hydrogens is 393 g/mol. The van der Waals surface area contributed by atoms with Gasteiger partial charge in [-0.05, 0) is 40.5 Å². The number of carbonyl (C=O) groups is 1. The third kappa shape index (κ3) is 2.39. The van der Waals surface area contributed by atoms with Gasteiger partial charge < -0.3 is 10.1 Å². The number of nitrogens with zero attached hydrogens (tertiary/aromatic N) is 1. The molecule has 0 spiro atoms. The number of ether oxygens (including phenoxy) is 1. The molecule has 0 radical (unpaired) electrons. The molecule has 2 atom stereocenters. The Morgan fingerprint density at radius 2 is 2.12 bits per heavy atom. The van der Waals surface area contributed by atoms with E-state index in [1.165, 1.54) is 6.07 Å². The molecule has 0 amide bonds. The zero-order valence-electron chi connectivity index (χ0n) is 13.5. The minimum atomic E-state index is -0.587. The lowest BCUT2D eigenvalue weighted by atomic mass is 9.79. The highest BCUT2D eigenvalue weighted by molar-refractivity contribution is 9.10. The van der Waals surface area contributed by atoms with E-state index in [9.17, 15) is 14.0 Å². The van der Waals surface area contributed by atoms with Crippen LogP contribution in [-0.2, 0) is 16.6 Å². The largest absolute Gasteiger partial charge is 0.364 e. The maximum atomic E-state index is 13.7. The monoisotopic (exact) mass is 407 g/mol. The molecule has 2 aromatic rings. The van der Waals surface area contributed by atoms with Crippen molar-refractivity contribution in [2.24, 2.45) is 7.05 Å². The van der Waals surface area contributed by atoms with Crippen molar-refractivity contribution in [3.63, 3.8) is 0 Å². The molecule has 0 fully saturated rings. The van der Waals surface area contributed by atoms with Crippen molar-refractivity contribution in [3.05, 3.63) is 61.2 Å². The van der Waals surface area contributed by atoms with Crippen molar-refractivity contribution in [3.8, 4) is 0 Å². The Hall–Kier alpha value is -2.19. The first-order chi connectivity index (χ1) is 11.9. The summed E-state index contributed by atoms with van der Waals surface area (Å²) in [6, 6.07) is 4.54. The number of hydrogen-bond donors (Lipinski definition) is 2. The molecule has 0 bridgehead atoms. The summed E-state index contributed by atoms with van der Waals surface area (Å²) in [7, 11) is 1.71. The van der Waals surface area contributed by atoms with Gasteiger partial charge in [-0.15, -0.1) is 0 Å². The average Bonchev–Trinajstić information content (AvgIpc) is 2.86. The Kier molecular flexibility index (Phi) is 3.69. The van der Waals surface area contributed by atoms with Crippen LogP contribution in [0.2, 0.25) is 0 Å². The molecule has 2 N–H and O–H groups in total. The van der Waals surface area contributed by atoms with Gasteiger partial charge in [0.15, 0.2) is 5.78 Å². The topological polar surface area (TPSA) is 76.1 Å². The summed E-state index contributed by atoms with van der Waals surface area (Å²) >= 11 is 3.18. The molecule has 130 valence electrons. The predicted octanol–water partition coefficient (Wildman–Crippen LogP) is 2.41. The number of aromatic nitrogens is 2. The number of rotatable bonds is 1. The number of hydrogen-bond acceptors (Lipinski definition) is 4. The third-order valence-corrected chi connectivity index (χ3v) is 5.27. The van der Waals surface area contributed by atoms with E-state index < -0.39 is 17.8 Å². The van der Waals surface area contributed by atoms with E-state index in [2.05, 4.69) is 26.3 Å². The fraction of sp³-hybridized carbons (Fsp3) is 0.294. The highest BCUT2D eigenvalue weighted by Gasteiger charge is 2.41. The van der Waals surface area contributed by atoms with E-state index in [-0.39, 0.29) is 22.4 Å². The Bertz CT molecular complexity index is 992. The fourth-order valence-electron chi connectivity index (χ4n) is 3.44. The molecule has 0 aliphatic carbocycles. The lowest BCUT2D eigenvalue weighted by Gasteiger charge is -2.34.